The molecular weight excluding hydrogens is 417 g/mol. The Labute approximate surface area is 164 Å². The Hall–Kier alpha value is -2.43. The maximum atomic E-state index is 13.0. The number of nitrogens with zero attached hydrogens (tertiary/aromatic N) is 3. The average Bonchev–Trinajstić information content (AvgIpc) is 3.06. The second-order valence-corrected chi connectivity index (χ2v) is 8.09. The van der Waals surface area contributed by atoms with E-state index in [0.29, 0.717) is 17.3 Å². The molecular formula is C17H14ClF3N4O2S. The standard InChI is InChI=1S/C17H14ClF3N4O2S/c1-25-10-12(9-23-25)16-6-11(4-5-22-16)8-24-28(26,27)13-2-3-15(18)14(7-13)17(19,20)21/h2-7,9-10,24H,8H2,1H3. The van der Waals surface area contributed by atoms with Gasteiger partial charge in [0.05, 0.1) is 27.4 Å². The van der Waals surface area contributed by atoms with Gasteiger partial charge in [-0.3, -0.25) is 9.67 Å². The summed E-state index contributed by atoms with van der Waals surface area (Å²) in [7, 11) is -2.42. The van der Waals surface area contributed by atoms with E-state index in [-0.39, 0.29) is 6.54 Å². The second-order valence-electron chi connectivity index (χ2n) is 5.92. The van der Waals surface area contributed by atoms with Crippen LogP contribution < -0.4 is 4.72 Å². The van der Waals surface area contributed by atoms with Crippen LogP contribution in [0.5, 0.6) is 0 Å². The summed E-state index contributed by atoms with van der Waals surface area (Å²) in [5.74, 6) is 0. The van der Waals surface area contributed by atoms with Gasteiger partial charge in [-0.1, -0.05) is 11.6 Å². The molecule has 28 heavy (non-hydrogen) atoms. The first-order valence-corrected chi connectivity index (χ1v) is 9.73. The van der Waals surface area contributed by atoms with Crippen LogP contribution in [-0.2, 0) is 29.8 Å². The van der Waals surface area contributed by atoms with Crippen molar-refractivity contribution in [3.8, 4) is 11.3 Å². The SMILES string of the molecule is Cn1cc(-c2cc(CNS(=O)(=O)c3ccc(Cl)c(C(F)(F)F)c3)ccn2)cn1. The molecule has 3 aromatic rings. The molecule has 0 unspecified atom stereocenters. The fraction of sp³-hybridized carbons (Fsp3) is 0.176. The van der Waals surface area contributed by atoms with Crippen LogP contribution >= 0.6 is 11.6 Å². The van der Waals surface area contributed by atoms with Gasteiger partial charge in [-0.25, -0.2) is 13.1 Å². The fourth-order valence-corrected chi connectivity index (χ4v) is 3.71. The lowest BCUT2D eigenvalue weighted by molar-refractivity contribution is -0.137. The molecule has 0 aliphatic rings. The van der Waals surface area contributed by atoms with Crippen molar-refractivity contribution < 1.29 is 21.6 Å². The van der Waals surface area contributed by atoms with Crippen molar-refractivity contribution >= 4 is 21.6 Å². The van der Waals surface area contributed by atoms with Gasteiger partial charge in [-0.15, -0.1) is 0 Å². The molecule has 1 N–H and O–H groups in total. The molecule has 1 aromatic carbocycles. The second kappa shape index (κ2) is 7.53. The summed E-state index contributed by atoms with van der Waals surface area (Å²) in [6.07, 6.45) is 0.119. The van der Waals surface area contributed by atoms with Crippen molar-refractivity contribution in [2.75, 3.05) is 0 Å². The zero-order chi connectivity index (χ0) is 20.5. The van der Waals surface area contributed by atoms with Crippen molar-refractivity contribution in [3.63, 3.8) is 0 Å². The number of alkyl halides is 3. The highest BCUT2D eigenvalue weighted by Crippen LogP contribution is 2.35. The van der Waals surface area contributed by atoms with Crippen LogP contribution in [0.2, 0.25) is 5.02 Å². The molecule has 0 aliphatic carbocycles. The molecule has 148 valence electrons. The quantitative estimate of drug-likeness (QED) is 0.670. The van der Waals surface area contributed by atoms with Gasteiger partial charge in [-0.05, 0) is 35.9 Å². The first kappa shape index (κ1) is 20.3. The summed E-state index contributed by atoms with van der Waals surface area (Å²) < 4.78 is 67.6. The molecule has 0 aliphatic heterocycles. The molecule has 0 atom stereocenters. The Balaban J connectivity index is 1.81. The van der Waals surface area contributed by atoms with Crippen LogP contribution in [0.1, 0.15) is 11.1 Å². The minimum Gasteiger partial charge on any atom is -0.275 e. The van der Waals surface area contributed by atoms with Crippen LogP contribution in [0.15, 0.2) is 53.8 Å². The highest BCUT2D eigenvalue weighted by atomic mass is 35.5. The van der Waals surface area contributed by atoms with Crippen LogP contribution in [-0.4, -0.2) is 23.2 Å². The van der Waals surface area contributed by atoms with Crippen LogP contribution in [0.4, 0.5) is 13.2 Å². The first-order valence-electron chi connectivity index (χ1n) is 7.86. The smallest absolute Gasteiger partial charge is 0.275 e. The van der Waals surface area contributed by atoms with Crippen LogP contribution in [0, 0.1) is 0 Å². The number of benzene rings is 1. The molecule has 2 heterocycles. The Morgan fingerprint density at radius 3 is 2.61 bits per heavy atom. The maximum Gasteiger partial charge on any atom is 0.417 e. The predicted octanol–water partition coefficient (Wildman–Crippen LogP) is 3.63. The molecule has 2 aromatic heterocycles. The predicted molar refractivity (Wildman–Crippen MR) is 96.9 cm³/mol. The van der Waals surface area contributed by atoms with E-state index in [2.05, 4.69) is 14.8 Å². The third-order valence-electron chi connectivity index (χ3n) is 3.84. The molecule has 0 saturated carbocycles. The fourth-order valence-electron chi connectivity index (χ4n) is 2.45. The topological polar surface area (TPSA) is 76.9 Å². The minimum absolute atomic E-state index is 0.123. The van der Waals surface area contributed by atoms with E-state index in [1.165, 1.54) is 6.20 Å². The minimum atomic E-state index is -4.76. The lowest BCUT2D eigenvalue weighted by atomic mass is 10.1. The Bertz CT molecular complexity index is 1110. The van der Waals surface area contributed by atoms with E-state index in [9.17, 15) is 21.6 Å². The Kier molecular flexibility index (Phi) is 5.46. The normalized spacial score (nSPS) is 12.3. The van der Waals surface area contributed by atoms with Crippen molar-refractivity contribution in [2.24, 2.45) is 7.05 Å². The van der Waals surface area contributed by atoms with Gasteiger partial charge in [0.25, 0.3) is 0 Å². The van der Waals surface area contributed by atoms with Gasteiger partial charge in [0.2, 0.25) is 10.0 Å². The molecule has 0 bridgehead atoms. The monoisotopic (exact) mass is 430 g/mol. The summed E-state index contributed by atoms with van der Waals surface area (Å²) in [6, 6.07) is 5.71. The molecule has 6 nitrogen and oxygen atoms in total. The summed E-state index contributed by atoms with van der Waals surface area (Å²) in [4.78, 5) is 3.68. The van der Waals surface area contributed by atoms with E-state index in [1.54, 1.807) is 36.3 Å². The van der Waals surface area contributed by atoms with E-state index in [0.717, 1.165) is 17.7 Å². The van der Waals surface area contributed by atoms with Gasteiger partial charge in [0, 0.05) is 31.5 Å². The third-order valence-corrected chi connectivity index (χ3v) is 5.57. The highest BCUT2D eigenvalue weighted by molar-refractivity contribution is 7.89. The molecule has 0 saturated heterocycles. The van der Waals surface area contributed by atoms with E-state index >= 15 is 0 Å². The number of aryl methyl sites for hydroxylation is 1. The van der Waals surface area contributed by atoms with Gasteiger partial charge < -0.3 is 0 Å². The third kappa shape index (κ3) is 4.51. The van der Waals surface area contributed by atoms with Crippen LogP contribution in [0.25, 0.3) is 11.3 Å². The molecule has 0 radical (unpaired) electrons. The van der Waals surface area contributed by atoms with Crippen molar-refractivity contribution in [1.82, 2.24) is 19.5 Å². The number of nitrogens with one attached hydrogen (secondary N) is 1. The van der Waals surface area contributed by atoms with E-state index < -0.39 is 31.7 Å². The summed E-state index contributed by atoms with van der Waals surface area (Å²) in [6.45, 7) is -0.123. The number of sulfonamides is 1. The zero-order valence-corrected chi connectivity index (χ0v) is 16.0. The summed E-state index contributed by atoms with van der Waals surface area (Å²) >= 11 is 5.53. The number of hydrogen-bond donors (Lipinski definition) is 1. The zero-order valence-electron chi connectivity index (χ0n) is 14.4. The van der Waals surface area contributed by atoms with Gasteiger partial charge in [0.15, 0.2) is 0 Å². The van der Waals surface area contributed by atoms with Gasteiger partial charge >= 0.3 is 6.18 Å². The number of hydrogen-bond acceptors (Lipinski definition) is 4. The van der Waals surface area contributed by atoms with Crippen molar-refractivity contribution in [1.29, 1.82) is 0 Å². The maximum absolute atomic E-state index is 13.0. The number of pyridine rings is 1. The van der Waals surface area contributed by atoms with Gasteiger partial charge in [-0.2, -0.15) is 18.3 Å². The molecule has 0 amide bonds. The molecule has 11 heteroatoms. The largest absolute Gasteiger partial charge is 0.417 e. The number of aromatic nitrogens is 3. The lowest BCUT2D eigenvalue weighted by Gasteiger charge is -2.12. The summed E-state index contributed by atoms with van der Waals surface area (Å²) in [5, 5.41) is 3.48. The Morgan fingerprint density at radius 1 is 1.21 bits per heavy atom. The van der Waals surface area contributed by atoms with Crippen molar-refractivity contribution in [2.45, 2.75) is 17.6 Å². The average molecular weight is 431 g/mol. The van der Waals surface area contributed by atoms with Gasteiger partial charge in [0.1, 0.15) is 0 Å². The van der Waals surface area contributed by atoms with Crippen LogP contribution in [0.3, 0.4) is 0 Å². The Morgan fingerprint density at radius 2 is 1.96 bits per heavy atom. The molecule has 3 rings (SSSR count). The van der Waals surface area contributed by atoms with E-state index in [4.69, 9.17) is 11.6 Å². The molecule has 0 spiro atoms. The van der Waals surface area contributed by atoms with Crippen molar-refractivity contribution in [3.05, 3.63) is 65.1 Å². The van der Waals surface area contributed by atoms with E-state index in [1.807, 2.05) is 0 Å². The highest BCUT2D eigenvalue weighted by Gasteiger charge is 2.34. The number of halogens is 4. The first-order chi connectivity index (χ1) is 13.1. The molecule has 0 fully saturated rings. The summed E-state index contributed by atoms with van der Waals surface area (Å²) in [5.41, 5.74) is 0.720. The lowest BCUT2D eigenvalue weighted by Crippen LogP contribution is -2.23. The number of rotatable bonds is 5.